The van der Waals surface area contributed by atoms with Crippen molar-refractivity contribution in [3.05, 3.63) is 59.9 Å². The molecule has 1 amide bonds. The lowest BCUT2D eigenvalue weighted by atomic mass is 10.2. The Morgan fingerprint density at radius 2 is 2.09 bits per heavy atom. The fraction of sp³-hybridized carbons (Fsp3) is 0.333. The van der Waals surface area contributed by atoms with Crippen molar-refractivity contribution in [1.29, 1.82) is 0 Å². The number of pyridine rings is 1. The fourth-order valence-electron chi connectivity index (χ4n) is 2.08. The molecule has 0 saturated carbocycles. The Labute approximate surface area is 136 Å². The van der Waals surface area contributed by atoms with Gasteiger partial charge in [0.25, 0.3) is 0 Å². The predicted molar refractivity (Wildman–Crippen MR) is 88.2 cm³/mol. The SMILES string of the molecule is COc1cccc(COC(C)C(=O)NCCc2cccnc2)c1. The van der Waals surface area contributed by atoms with Crippen LogP contribution in [0, 0.1) is 0 Å². The minimum Gasteiger partial charge on any atom is -0.497 e. The summed E-state index contributed by atoms with van der Waals surface area (Å²) in [7, 11) is 1.62. The van der Waals surface area contributed by atoms with E-state index in [1.165, 1.54) is 0 Å². The number of amides is 1. The van der Waals surface area contributed by atoms with Crippen LogP contribution in [-0.4, -0.2) is 30.6 Å². The number of hydrogen-bond donors (Lipinski definition) is 1. The molecule has 0 fully saturated rings. The maximum atomic E-state index is 12.0. The highest BCUT2D eigenvalue weighted by molar-refractivity contribution is 5.80. The Hall–Kier alpha value is -2.40. The number of carbonyl (C=O) groups is 1. The number of nitrogens with zero attached hydrogens (tertiary/aromatic N) is 1. The number of benzene rings is 1. The minimum atomic E-state index is -0.505. The molecule has 0 spiro atoms. The van der Waals surface area contributed by atoms with Crippen LogP contribution < -0.4 is 10.1 Å². The number of ether oxygens (including phenoxy) is 2. The summed E-state index contributed by atoms with van der Waals surface area (Å²) >= 11 is 0. The van der Waals surface area contributed by atoms with Gasteiger partial charge in [0.05, 0.1) is 13.7 Å². The number of methoxy groups -OCH3 is 1. The molecule has 2 aromatic rings. The summed E-state index contributed by atoms with van der Waals surface area (Å²) < 4.78 is 10.8. The highest BCUT2D eigenvalue weighted by atomic mass is 16.5. The van der Waals surface area contributed by atoms with E-state index in [9.17, 15) is 4.79 Å². The van der Waals surface area contributed by atoms with Gasteiger partial charge in [-0.25, -0.2) is 0 Å². The molecular weight excluding hydrogens is 292 g/mol. The zero-order valence-electron chi connectivity index (χ0n) is 13.5. The Morgan fingerprint density at radius 1 is 1.26 bits per heavy atom. The van der Waals surface area contributed by atoms with Crippen LogP contribution >= 0.6 is 0 Å². The van der Waals surface area contributed by atoms with Crippen LogP contribution in [0.15, 0.2) is 48.8 Å². The van der Waals surface area contributed by atoms with Gasteiger partial charge in [0.1, 0.15) is 11.9 Å². The van der Waals surface area contributed by atoms with E-state index in [0.717, 1.165) is 23.3 Å². The van der Waals surface area contributed by atoms with Crippen LogP contribution in [0.2, 0.25) is 0 Å². The molecule has 1 aromatic heterocycles. The second kappa shape index (κ2) is 8.90. The Kier molecular flexibility index (Phi) is 6.56. The molecule has 0 saturated heterocycles. The van der Waals surface area contributed by atoms with E-state index in [4.69, 9.17) is 9.47 Å². The summed E-state index contributed by atoms with van der Waals surface area (Å²) in [6.07, 6.45) is 3.78. The quantitative estimate of drug-likeness (QED) is 0.812. The molecule has 0 aliphatic carbocycles. The molecule has 0 radical (unpaired) electrons. The molecular formula is C18H22N2O3. The first-order valence-corrected chi connectivity index (χ1v) is 7.60. The van der Waals surface area contributed by atoms with Crippen LogP contribution in [-0.2, 0) is 22.6 Å². The summed E-state index contributed by atoms with van der Waals surface area (Å²) in [5, 5.41) is 2.87. The summed E-state index contributed by atoms with van der Waals surface area (Å²) in [5.74, 6) is 0.663. The van der Waals surface area contributed by atoms with Gasteiger partial charge in [-0.1, -0.05) is 18.2 Å². The smallest absolute Gasteiger partial charge is 0.248 e. The number of carbonyl (C=O) groups excluding carboxylic acids is 1. The number of nitrogens with one attached hydrogen (secondary N) is 1. The Bertz CT molecular complexity index is 617. The van der Waals surface area contributed by atoms with Gasteiger partial charge in [-0.15, -0.1) is 0 Å². The minimum absolute atomic E-state index is 0.114. The van der Waals surface area contributed by atoms with Crippen molar-refractivity contribution < 1.29 is 14.3 Å². The molecule has 122 valence electrons. The maximum absolute atomic E-state index is 12.0. The van der Waals surface area contributed by atoms with Crippen molar-refractivity contribution in [3.8, 4) is 5.75 Å². The zero-order chi connectivity index (χ0) is 16.5. The molecule has 0 aliphatic rings. The van der Waals surface area contributed by atoms with Crippen molar-refractivity contribution in [2.24, 2.45) is 0 Å². The molecule has 1 N–H and O–H groups in total. The first kappa shape index (κ1) is 17.0. The average molecular weight is 314 g/mol. The average Bonchev–Trinajstić information content (AvgIpc) is 2.60. The zero-order valence-corrected chi connectivity index (χ0v) is 13.5. The third-order valence-corrected chi connectivity index (χ3v) is 3.44. The summed E-state index contributed by atoms with van der Waals surface area (Å²) in [5.41, 5.74) is 2.07. The Balaban J connectivity index is 1.72. The fourth-order valence-corrected chi connectivity index (χ4v) is 2.08. The monoisotopic (exact) mass is 314 g/mol. The molecule has 2 rings (SSSR count). The third-order valence-electron chi connectivity index (χ3n) is 3.44. The van der Waals surface area contributed by atoms with Crippen molar-refractivity contribution in [1.82, 2.24) is 10.3 Å². The van der Waals surface area contributed by atoms with Crippen LogP contribution in [0.4, 0.5) is 0 Å². The van der Waals surface area contributed by atoms with E-state index in [0.29, 0.717) is 13.2 Å². The molecule has 5 nitrogen and oxygen atoms in total. The van der Waals surface area contributed by atoms with Gasteiger partial charge < -0.3 is 14.8 Å². The molecule has 1 unspecified atom stereocenters. The highest BCUT2D eigenvalue weighted by Gasteiger charge is 2.12. The van der Waals surface area contributed by atoms with Crippen LogP contribution in [0.25, 0.3) is 0 Å². The molecule has 5 heteroatoms. The highest BCUT2D eigenvalue weighted by Crippen LogP contribution is 2.13. The van der Waals surface area contributed by atoms with E-state index >= 15 is 0 Å². The number of aromatic nitrogens is 1. The largest absolute Gasteiger partial charge is 0.497 e. The second-order valence-corrected chi connectivity index (χ2v) is 5.21. The van der Waals surface area contributed by atoms with E-state index in [2.05, 4.69) is 10.3 Å². The van der Waals surface area contributed by atoms with E-state index in [-0.39, 0.29) is 5.91 Å². The van der Waals surface area contributed by atoms with Gasteiger partial charge in [-0.2, -0.15) is 0 Å². The van der Waals surface area contributed by atoms with Crippen LogP contribution in [0.5, 0.6) is 5.75 Å². The molecule has 23 heavy (non-hydrogen) atoms. The maximum Gasteiger partial charge on any atom is 0.248 e. The van der Waals surface area contributed by atoms with Crippen molar-refractivity contribution in [2.45, 2.75) is 26.1 Å². The summed E-state index contributed by atoms with van der Waals surface area (Å²) in [6.45, 7) is 2.69. The van der Waals surface area contributed by atoms with Crippen molar-refractivity contribution in [3.63, 3.8) is 0 Å². The van der Waals surface area contributed by atoms with Gasteiger partial charge in [-0.3, -0.25) is 9.78 Å². The number of rotatable bonds is 8. The lowest BCUT2D eigenvalue weighted by Crippen LogP contribution is -2.35. The topological polar surface area (TPSA) is 60.5 Å². The number of hydrogen-bond acceptors (Lipinski definition) is 4. The lowest BCUT2D eigenvalue weighted by Gasteiger charge is -2.14. The van der Waals surface area contributed by atoms with Crippen molar-refractivity contribution >= 4 is 5.91 Å². The van der Waals surface area contributed by atoms with Gasteiger partial charge >= 0.3 is 0 Å². The molecule has 0 bridgehead atoms. The predicted octanol–water partition coefficient (Wildman–Crippen LogP) is 2.35. The van der Waals surface area contributed by atoms with E-state index in [1.54, 1.807) is 26.4 Å². The normalized spacial score (nSPS) is 11.7. The summed E-state index contributed by atoms with van der Waals surface area (Å²) in [4.78, 5) is 16.0. The van der Waals surface area contributed by atoms with E-state index < -0.39 is 6.10 Å². The Morgan fingerprint density at radius 3 is 2.83 bits per heavy atom. The van der Waals surface area contributed by atoms with Gasteiger partial charge in [-0.05, 0) is 42.7 Å². The van der Waals surface area contributed by atoms with Crippen LogP contribution in [0.3, 0.4) is 0 Å². The summed E-state index contributed by atoms with van der Waals surface area (Å²) in [6, 6.07) is 11.5. The molecule has 1 heterocycles. The molecule has 1 aromatic carbocycles. The van der Waals surface area contributed by atoms with E-state index in [1.807, 2.05) is 36.4 Å². The molecule has 0 aliphatic heterocycles. The van der Waals surface area contributed by atoms with Crippen molar-refractivity contribution in [2.75, 3.05) is 13.7 Å². The van der Waals surface area contributed by atoms with Gasteiger partial charge in [0.15, 0.2) is 0 Å². The lowest BCUT2D eigenvalue weighted by molar-refractivity contribution is -0.132. The second-order valence-electron chi connectivity index (χ2n) is 5.21. The van der Waals surface area contributed by atoms with Gasteiger partial charge in [0.2, 0.25) is 5.91 Å². The molecule has 1 atom stereocenters. The first-order valence-electron chi connectivity index (χ1n) is 7.60. The standard InChI is InChI=1S/C18H22N2O3/c1-14(23-13-16-5-3-7-17(11-16)22-2)18(21)20-10-8-15-6-4-9-19-12-15/h3-7,9,11-12,14H,8,10,13H2,1-2H3,(H,20,21). The van der Waals surface area contributed by atoms with Crippen LogP contribution in [0.1, 0.15) is 18.1 Å². The third kappa shape index (κ3) is 5.71. The first-order chi connectivity index (χ1) is 11.2. The van der Waals surface area contributed by atoms with Gasteiger partial charge in [0, 0.05) is 18.9 Å².